The topological polar surface area (TPSA) is 92.1 Å². The van der Waals surface area contributed by atoms with E-state index in [2.05, 4.69) is 20.2 Å². The number of anilines is 1. The quantitative estimate of drug-likeness (QED) is 0.896. The van der Waals surface area contributed by atoms with Crippen LogP contribution in [0.15, 0.2) is 21.8 Å². The number of nitrogens with zero attached hydrogens (tertiary/aromatic N) is 5. The third kappa shape index (κ3) is 2.93. The van der Waals surface area contributed by atoms with Gasteiger partial charge in [0.1, 0.15) is 5.03 Å². The molecule has 1 N–H and O–H groups in total. The summed E-state index contributed by atoms with van der Waals surface area (Å²) < 4.78 is 0.732. The van der Waals surface area contributed by atoms with Crippen molar-refractivity contribution in [2.45, 2.75) is 9.37 Å². The van der Waals surface area contributed by atoms with E-state index in [0.29, 0.717) is 5.03 Å². The minimum Gasteiger partial charge on any atom is -0.476 e. The largest absolute Gasteiger partial charge is 0.476 e. The average Bonchev–Trinajstić information content (AvgIpc) is 2.78. The van der Waals surface area contributed by atoms with E-state index in [1.54, 1.807) is 0 Å². The van der Waals surface area contributed by atoms with Crippen molar-refractivity contribution >= 4 is 34.2 Å². The number of carboxylic acid groups (broad SMARTS) is 1. The Balaban J connectivity index is 2.10. The molecule has 2 aromatic heterocycles. The lowest BCUT2D eigenvalue weighted by atomic mass is 10.5. The van der Waals surface area contributed by atoms with Crippen LogP contribution >= 0.6 is 23.1 Å². The van der Waals surface area contributed by atoms with Crippen molar-refractivity contribution in [3.8, 4) is 0 Å². The predicted molar refractivity (Wildman–Crippen MR) is 67.4 cm³/mol. The molecule has 0 saturated heterocycles. The summed E-state index contributed by atoms with van der Waals surface area (Å²) >= 11 is 2.73. The van der Waals surface area contributed by atoms with Crippen molar-refractivity contribution in [1.82, 2.24) is 20.2 Å². The van der Waals surface area contributed by atoms with Crippen molar-refractivity contribution in [2.24, 2.45) is 0 Å². The molecule has 9 heteroatoms. The molecule has 0 aliphatic heterocycles. The van der Waals surface area contributed by atoms with Gasteiger partial charge in [0.05, 0.1) is 12.4 Å². The van der Waals surface area contributed by atoms with Crippen LogP contribution in [-0.4, -0.2) is 45.3 Å². The van der Waals surface area contributed by atoms with Crippen LogP contribution in [0.5, 0.6) is 0 Å². The number of carbonyl (C=O) groups is 1. The molecule has 0 amide bonds. The van der Waals surface area contributed by atoms with Crippen LogP contribution in [0, 0.1) is 0 Å². The predicted octanol–water partition coefficient (Wildman–Crippen LogP) is 1.24. The summed E-state index contributed by atoms with van der Waals surface area (Å²) in [7, 11) is 3.77. The van der Waals surface area contributed by atoms with Gasteiger partial charge < -0.3 is 10.0 Å². The molecule has 0 bridgehead atoms. The zero-order chi connectivity index (χ0) is 13.1. The summed E-state index contributed by atoms with van der Waals surface area (Å²) in [6.07, 6.45) is 2.63. The molecule has 0 atom stereocenters. The first-order chi connectivity index (χ1) is 8.56. The smallest absolute Gasteiger partial charge is 0.356 e. The second-order valence-corrected chi connectivity index (χ2v) is 5.62. The first-order valence-electron chi connectivity index (χ1n) is 4.80. The SMILES string of the molecule is CN(C)c1nnc(Sc2cnc(C(=O)O)cn2)s1. The zero-order valence-corrected chi connectivity index (χ0v) is 11.2. The van der Waals surface area contributed by atoms with Crippen LogP contribution in [-0.2, 0) is 0 Å². The summed E-state index contributed by atoms with van der Waals surface area (Å²) in [4.78, 5) is 20.2. The highest BCUT2D eigenvalue weighted by molar-refractivity contribution is 8.01. The van der Waals surface area contributed by atoms with Crippen LogP contribution in [0.4, 0.5) is 5.13 Å². The maximum absolute atomic E-state index is 10.6. The van der Waals surface area contributed by atoms with Crippen LogP contribution in [0.3, 0.4) is 0 Å². The molecule has 7 nitrogen and oxygen atoms in total. The third-order valence-corrected chi connectivity index (χ3v) is 3.88. The number of aromatic carboxylic acids is 1. The van der Waals surface area contributed by atoms with Crippen molar-refractivity contribution in [3.63, 3.8) is 0 Å². The Kier molecular flexibility index (Phi) is 3.72. The molecule has 0 spiro atoms. The molecule has 0 radical (unpaired) electrons. The molecule has 0 aromatic carbocycles. The normalized spacial score (nSPS) is 10.3. The standard InChI is InChI=1S/C9H9N5O2S2/c1-14(2)8-12-13-9(18-8)17-6-4-10-5(3-11-6)7(15)16/h3-4H,1-2H3,(H,15,16). The number of hydrogen-bond donors (Lipinski definition) is 1. The molecule has 2 rings (SSSR count). The molecule has 18 heavy (non-hydrogen) atoms. The minimum absolute atomic E-state index is 0.0782. The van der Waals surface area contributed by atoms with Gasteiger partial charge in [0, 0.05) is 14.1 Å². The van der Waals surface area contributed by atoms with Gasteiger partial charge in [-0.2, -0.15) is 0 Å². The second kappa shape index (κ2) is 5.27. The Hall–Kier alpha value is -1.74. The monoisotopic (exact) mass is 283 g/mol. The fourth-order valence-corrected chi connectivity index (χ4v) is 2.61. The number of hydrogen-bond acceptors (Lipinski definition) is 8. The lowest BCUT2D eigenvalue weighted by molar-refractivity contribution is 0.0689. The number of aromatic nitrogens is 4. The molecule has 94 valence electrons. The Labute approximate surface area is 111 Å². The molecular formula is C9H9N5O2S2. The van der Waals surface area contributed by atoms with Gasteiger partial charge in [0.25, 0.3) is 0 Å². The molecule has 0 aliphatic rings. The number of carboxylic acids is 1. The minimum atomic E-state index is -1.09. The maximum Gasteiger partial charge on any atom is 0.356 e. The Morgan fingerprint density at radius 1 is 1.33 bits per heavy atom. The van der Waals surface area contributed by atoms with Gasteiger partial charge in [-0.05, 0) is 11.8 Å². The fourth-order valence-electron chi connectivity index (χ4n) is 0.993. The van der Waals surface area contributed by atoms with Gasteiger partial charge in [-0.3, -0.25) is 0 Å². The van der Waals surface area contributed by atoms with Crippen molar-refractivity contribution in [2.75, 3.05) is 19.0 Å². The molecular weight excluding hydrogens is 274 g/mol. The molecule has 0 saturated carbocycles. The van der Waals surface area contributed by atoms with Crippen LogP contribution in [0.1, 0.15) is 10.5 Å². The first kappa shape index (κ1) is 12.7. The summed E-state index contributed by atoms with van der Waals surface area (Å²) in [6, 6.07) is 0. The van der Waals surface area contributed by atoms with E-state index in [0.717, 1.165) is 9.47 Å². The highest BCUT2D eigenvalue weighted by Gasteiger charge is 2.10. The Morgan fingerprint density at radius 2 is 2.11 bits per heavy atom. The van der Waals surface area contributed by atoms with Crippen molar-refractivity contribution in [1.29, 1.82) is 0 Å². The first-order valence-corrected chi connectivity index (χ1v) is 6.43. The summed E-state index contributed by atoms with van der Waals surface area (Å²) in [6.45, 7) is 0. The van der Waals surface area contributed by atoms with Gasteiger partial charge >= 0.3 is 5.97 Å². The fraction of sp³-hybridized carbons (Fsp3) is 0.222. The molecule has 0 aliphatic carbocycles. The molecule has 0 unspecified atom stereocenters. The van der Waals surface area contributed by atoms with E-state index in [4.69, 9.17) is 5.11 Å². The summed E-state index contributed by atoms with van der Waals surface area (Å²) in [5, 5.41) is 18.1. The van der Waals surface area contributed by atoms with Crippen molar-refractivity contribution in [3.05, 3.63) is 18.1 Å². The third-order valence-electron chi connectivity index (χ3n) is 1.82. The van der Waals surface area contributed by atoms with E-state index in [1.165, 1.54) is 35.5 Å². The van der Waals surface area contributed by atoms with Gasteiger partial charge in [-0.25, -0.2) is 14.8 Å². The van der Waals surface area contributed by atoms with Crippen molar-refractivity contribution < 1.29 is 9.90 Å². The summed E-state index contributed by atoms with van der Waals surface area (Å²) in [5.74, 6) is -1.09. The van der Waals surface area contributed by atoms with Gasteiger partial charge in [-0.15, -0.1) is 10.2 Å². The molecule has 0 fully saturated rings. The molecule has 2 heterocycles. The zero-order valence-electron chi connectivity index (χ0n) is 9.56. The summed E-state index contributed by atoms with van der Waals surface area (Å²) in [5.41, 5.74) is -0.0782. The average molecular weight is 283 g/mol. The van der Waals surface area contributed by atoms with Crippen LogP contribution < -0.4 is 4.90 Å². The van der Waals surface area contributed by atoms with Gasteiger partial charge in [0.15, 0.2) is 10.0 Å². The van der Waals surface area contributed by atoms with Crippen LogP contribution in [0.2, 0.25) is 0 Å². The van der Waals surface area contributed by atoms with E-state index in [9.17, 15) is 4.79 Å². The van der Waals surface area contributed by atoms with Crippen LogP contribution in [0.25, 0.3) is 0 Å². The Morgan fingerprint density at radius 3 is 2.61 bits per heavy atom. The van der Waals surface area contributed by atoms with E-state index >= 15 is 0 Å². The van der Waals surface area contributed by atoms with Gasteiger partial charge in [-0.1, -0.05) is 11.3 Å². The lowest BCUT2D eigenvalue weighted by Crippen LogP contribution is -2.07. The molecule has 2 aromatic rings. The van der Waals surface area contributed by atoms with E-state index in [1.807, 2.05) is 19.0 Å². The lowest BCUT2D eigenvalue weighted by Gasteiger charge is -2.03. The highest BCUT2D eigenvalue weighted by atomic mass is 32.2. The van der Waals surface area contributed by atoms with E-state index < -0.39 is 5.97 Å². The second-order valence-electron chi connectivity index (χ2n) is 3.39. The van der Waals surface area contributed by atoms with E-state index in [-0.39, 0.29) is 5.69 Å². The maximum atomic E-state index is 10.6. The number of rotatable bonds is 4. The Bertz CT molecular complexity index is 554. The highest BCUT2D eigenvalue weighted by Crippen LogP contribution is 2.31. The van der Waals surface area contributed by atoms with Gasteiger partial charge in [0.2, 0.25) is 5.13 Å².